The molecule has 0 aromatic heterocycles. The van der Waals surface area contributed by atoms with Crippen LogP contribution in [0.15, 0.2) is 18.2 Å². The molecule has 0 heterocycles. The highest BCUT2D eigenvalue weighted by Gasteiger charge is 2.30. The van der Waals surface area contributed by atoms with Gasteiger partial charge in [-0.05, 0) is 64.2 Å². The number of carboxylic acids is 1. The summed E-state index contributed by atoms with van der Waals surface area (Å²) in [4.78, 5) is 48.6. The van der Waals surface area contributed by atoms with E-state index in [9.17, 15) is 24.3 Å². The second-order valence-electron chi connectivity index (χ2n) is 9.55. The van der Waals surface area contributed by atoms with Gasteiger partial charge >= 0.3 is 24.2 Å². The number of aliphatic carboxylic acids is 1. The molecule has 5 atom stereocenters. The van der Waals surface area contributed by atoms with Crippen LogP contribution < -0.4 is 15.2 Å². The Bertz CT molecular complexity index is 950. The summed E-state index contributed by atoms with van der Waals surface area (Å²) in [6.07, 6.45) is 0.518. The highest BCUT2D eigenvalue weighted by molar-refractivity contribution is 5.75. The van der Waals surface area contributed by atoms with Crippen molar-refractivity contribution in [1.29, 1.82) is 0 Å². The zero-order chi connectivity index (χ0) is 29.5. The summed E-state index contributed by atoms with van der Waals surface area (Å²) in [7, 11) is 0. The average Bonchev–Trinajstić information content (AvgIpc) is 2.87. The molecule has 0 fully saturated rings. The molecule has 0 spiro atoms. The molecule has 0 radical (unpaired) electrons. The first-order valence-corrected chi connectivity index (χ1v) is 13.5. The zero-order valence-electron chi connectivity index (χ0n) is 23.8. The molecule has 11 heteroatoms. The van der Waals surface area contributed by atoms with E-state index in [1.165, 1.54) is 18.2 Å². The van der Waals surface area contributed by atoms with E-state index in [1.54, 1.807) is 20.8 Å². The van der Waals surface area contributed by atoms with Gasteiger partial charge in [-0.2, -0.15) is 0 Å². The van der Waals surface area contributed by atoms with Gasteiger partial charge in [0.2, 0.25) is 0 Å². The molecule has 0 aliphatic heterocycles. The minimum absolute atomic E-state index is 0.0833. The number of rotatable bonds is 16. The second-order valence-corrected chi connectivity index (χ2v) is 9.55. The van der Waals surface area contributed by atoms with Crippen LogP contribution in [0.4, 0.5) is 9.59 Å². The number of hydrogen-bond acceptors (Lipinski definition) is 10. The van der Waals surface area contributed by atoms with Crippen molar-refractivity contribution >= 4 is 24.2 Å². The van der Waals surface area contributed by atoms with Gasteiger partial charge in [0.15, 0.2) is 11.5 Å². The Morgan fingerprint density at radius 1 is 0.821 bits per heavy atom. The molecule has 0 aliphatic carbocycles. The quantitative estimate of drug-likeness (QED) is 0.112. The number of ether oxygens (including phenoxy) is 5. The van der Waals surface area contributed by atoms with E-state index in [1.807, 2.05) is 20.8 Å². The Morgan fingerprint density at radius 2 is 1.38 bits per heavy atom. The summed E-state index contributed by atoms with van der Waals surface area (Å²) in [5.74, 6) is -2.80. The van der Waals surface area contributed by atoms with E-state index in [0.717, 1.165) is 12.8 Å². The van der Waals surface area contributed by atoms with Gasteiger partial charge in [0.05, 0.1) is 6.10 Å². The fourth-order valence-electron chi connectivity index (χ4n) is 3.51. The first kappa shape index (κ1) is 33.7. The number of carbonyl (C=O) groups excluding carboxylic acids is 3. The molecule has 0 saturated heterocycles. The molecule has 1 aromatic rings. The third kappa shape index (κ3) is 12.4. The molecule has 220 valence electrons. The van der Waals surface area contributed by atoms with Crippen LogP contribution in [0.25, 0.3) is 0 Å². The van der Waals surface area contributed by atoms with E-state index in [4.69, 9.17) is 29.4 Å². The molecule has 3 N–H and O–H groups in total. The van der Waals surface area contributed by atoms with Crippen LogP contribution in [0.1, 0.15) is 98.0 Å². The number of esters is 1. The summed E-state index contributed by atoms with van der Waals surface area (Å²) < 4.78 is 26.4. The van der Waals surface area contributed by atoms with Crippen molar-refractivity contribution in [3.63, 3.8) is 0 Å². The van der Waals surface area contributed by atoms with Gasteiger partial charge in [0.25, 0.3) is 0 Å². The summed E-state index contributed by atoms with van der Waals surface area (Å²) in [5, 5.41) is 9.65. The SMILES string of the molecule is CCCCCC(=O)OC(C)CC(c1ccc(OC(=O)OC(C)CC)c(OC(=O)OC(C)CC)c1)[C@H](N)C(=O)O. The lowest BCUT2D eigenvalue weighted by atomic mass is 9.87. The number of carbonyl (C=O) groups is 4. The third-order valence-corrected chi connectivity index (χ3v) is 6.15. The Morgan fingerprint density at radius 3 is 1.90 bits per heavy atom. The fourth-order valence-corrected chi connectivity index (χ4v) is 3.51. The lowest BCUT2D eigenvalue weighted by Gasteiger charge is -2.25. The molecule has 0 saturated carbocycles. The van der Waals surface area contributed by atoms with Crippen LogP contribution in [0.3, 0.4) is 0 Å². The van der Waals surface area contributed by atoms with E-state index in [-0.39, 0.29) is 30.3 Å². The Labute approximate surface area is 230 Å². The maximum Gasteiger partial charge on any atom is 0.514 e. The van der Waals surface area contributed by atoms with Crippen molar-refractivity contribution in [2.45, 2.75) is 117 Å². The largest absolute Gasteiger partial charge is 0.514 e. The normalized spacial score (nSPS) is 14.7. The summed E-state index contributed by atoms with van der Waals surface area (Å²) in [6, 6.07) is 2.84. The Hall–Kier alpha value is -3.34. The summed E-state index contributed by atoms with van der Waals surface area (Å²) in [6.45, 7) is 10.7. The second kappa shape index (κ2) is 17.3. The third-order valence-electron chi connectivity index (χ3n) is 6.15. The van der Waals surface area contributed by atoms with Crippen molar-refractivity contribution in [2.75, 3.05) is 0 Å². The van der Waals surface area contributed by atoms with Crippen LogP contribution in [-0.4, -0.2) is 53.7 Å². The van der Waals surface area contributed by atoms with Crippen molar-refractivity contribution in [1.82, 2.24) is 0 Å². The standard InChI is InChI=1S/C28H43NO10/c1-7-10-11-12-24(30)35-19(6)15-21(25(29)26(31)32)20-13-14-22(38-27(33)36-17(4)8-2)23(16-20)39-28(34)37-18(5)9-3/h13-14,16-19,21,25H,7-12,15,29H2,1-6H3,(H,31,32)/t17?,18?,19?,21?,25-/m0/s1. The number of hydrogen-bond donors (Lipinski definition) is 2. The predicted molar refractivity (Wildman–Crippen MR) is 143 cm³/mol. The maximum absolute atomic E-state index is 12.4. The maximum atomic E-state index is 12.4. The van der Waals surface area contributed by atoms with Crippen molar-refractivity contribution in [3.05, 3.63) is 23.8 Å². The van der Waals surface area contributed by atoms with Gasteiger partial charge in [-0.15, -0.1) is 0 Å². The van der Waals surface area contributed by atoms with Gasteiger partial charge in [-0.25, -0.2) is 9.59 Å². The molecule has 4 unspecified atom stereocenters. The lowest BCUT2D eigenvalue weighted by molar-refractivity contribution is -0.149. The summed E-state index contributed by atoms with van der Waals surface area (Å²) in [5.41, 5.74) is 6.38. The average molecular weight is 554 g/mol. The van der Waals surface area contributed by atoms with E-state index < -0.39 is 48.6 Å². The Balaban J connectivity index is 3.28. The number of nitrogens with two attached hydrogens (primary N) is 1. The molecule has 11 nitrogen and oxygen atoms in total. The summed E-state index contributed by atoms with van der Waals surface area (Å²) >= 11 is 0. The van der Waals surface area contributed by atoms with Gasteiger partial charge < -0.3 is 34.5 Å². The number of unbranched alkanes of at least 4 members (excludes halogenated alkanes) is 2. The topological polar surface area (TPSA) is 161 Å². The minimum Gasteiger partial charge on any atom is -0.480 e. The number of benzene rings is 1. The zero-order valence-corrected chi connectivity index (χ0v) is 23.8. The smallest absolute Gasteiger partial charge is 0.480 e. The lowest BCUT2D eigenvalue weighted by Crippen LogP contribution is -2.38. The van der Waals surface area contributed by atoms with Crippen LogP contribution in [0, 0.1) is 0 Å². The Kier molecular flexibility index (Phi) is 14.9. The van der Waals surface area contributed by atoms with Crippen molar-refractivity contribution < 1.29 is 48.0 Å². The molecular formula is C28H43NO10. The van der Waals surface area contributed by atoms with Crippen LogP contribution in [-0.2, 0) is 23.8 Å². The molecule has 0 amide bonds. The van der Waals surface area contributed by atoms with Gasteiger partial charge in [0.1, 0.15) is 18.2 Å². The van der Waals surface area contributed by atoms with Gasteiger partial charge in [-0.1, -0.05) is 39.7 Å². The van der Waals surface area contributed by atoms with Crippen molar-refractivity contribution in [2.24, 2.45) is 5.73 Å². The molecule has 39 heavy (non-hydrogen) atoms. The minimum atomic E-state index is -1.37. The molecule has 1 aromatic carbocycles. The van der Waals surface area contributed by atoms with E-state index in [2.05, 4.69) is 0 Å². The van der Waals surface area contributed by atoms with Crippen LogP contribution >= 0.6 is 0 Å². The fraction of sp³-hybridized carbons (Fsp3) is 0.643. The molecular weight excluding hydrogens is 510 g/mol. The molecule has 1 rings (SSSR count). The first-order valence-electron chi connectivity index (χ1n) is 13.5. The van der Waals surface area contributed by atoms with Gasteiger partial charge in [-0.3, -0.25) is 9.59 Å². The predicted octanol–water partition coefficient (Wildman–Crippen LogP) is 5.71. The number of carboxylic acid groups (broad SMARTS) is 1. The highest BCUT2D eigenvalue weighted by atomic mass is 16.7. The monoisotopic (exact) mass is 553 g/mol. The highest BCUT2D eigenvalue weighted by Crippen LogP contribution is 2.35. The van der Waals surface area contributed by atoms with Crippen molar-refractivity contribution in [3.8, 4) is 11.5 Å². The van der Waals surface area contributed by atoms with E-state index >= 15 is 0 Å². The van der Waals surface area contributed by atoms with Crippen LogP contribution in [0.2, 0.25) is 0 Å². The van der Waals surface area contributed by atoms with E-state index in [0.29, 0.717) is 24.8 Å². The van der Waals surface area contributed by atoms with Crippen LogP contribution in [0.5, 0.6) is 11.5 Å². The first-order chi connectivity index (χ1) is 18.4. The van der Waals surface area contributed by atoms with Gasteiger partial charge in [0, 0.05) is 12.3 Å². The molecule has 0 aliphatic rings. The molecule has 0 bridgehead atoms.